The van der Waals surface area contributed by atoms with Gasteiger partial charge in [0.25, 0.3) is 11.8 Å². The molecule has 3 aromatic carbocycles. The number of ketones is 2. The van der Waals surface area contributed by atoms with E-state index in [1.807, 2.05) is 67.6 Å². The van der Waals surface area contributed by atoms with Gasteiger partial charge in [0, 0.05) is 30.3 Å². The molecule has 0 aromatic heterocycles. The van der Waals surface area contributed by atoms with Crippen molar-refractivity contribution in [3.63, 3.8) is 0 Å². The van der Waals surface area contributed by atoms with Gasteiger partial charge in [0.05, 0.1) is 34.5 Å². The lowest BCUT2D eigenvalue weighted by molar-refractivity contribution is -0.179. The highest BCUT2D eigenvalue weighted by molar-refractivity contribution is 6.39. The van der Waals surface area contributed by atoms with Gasteiger partial charge < -0.3 is 48.8 Å². The second-order valence-electron chi connectivity index (χ2n) is 19.7. The number of aryl methyl sites for hydroxylation is 3. The Kier molecular flexibility index (Phi) is 27.4. The summed E-state index contributed by atoms with van der Waals surface area (Å²) >= 11 is 0. The van der Waals surface area contributed by atoms with Gasteiger partial charge in [-0.25, -0.2) is 19.2 Å². The molecule has 0 radical (unpaired) electrons. The molecule has 2 aliphatic rings. The number of aliphatic hydroxyl groups excluding tert-OH is 1. The Bertz CT molecular complexity index is 2250. The number of likely N-dealkylation sites (tertiary alicyclic amines) is 2. The average molecular weight is 1060 g/mol. The normalized spacial score (nSPS) is 16.5. The number of nitrogens with zero attached hydrogens (tertiary/aromatic N) is 2. The minimum atomic E-state index is -1.30. The van der Waals surface area contributed by atoms with Gasteiger partial charge in [0.2, 0.25) is 11.6 Å². The number of ether oxygens (including phenoxy) is 5. The number of aliphatic carboxylic acids is 2. The van der Waals surface area contributed by atoms with Crippen LogP contribution >= 0.6 is 0 Å². The van der Waals surface area contributed by atoms with Crippen LogP contribution in [0.2, 0.25) is 0 Å². The van der Waals surface area contributed by atoms with Crippen LogP contribution in [0.3, 0.4) is 0 Å². The number of Topliss-reactive ketones (excluding diaryl/α,β-unsaturated/α-hetero) is 2. The second kappa shape index (κ2) is 31.9. The SMILES string of the molecule is C.CCC(C)(C)C(=O)C(=O)N1[C@@H](C(=O)O)C[C@@H]1C(=O)O.CCC(C)(C)C(=O)C(=O)N1[C@@H](C(=O)OCCCCc2ccc(OC)cc2)C[C@@H]1C(=O)OCCCCc1ccc(OC)cc1.COc1ccc(CCCCO)cc1. The van der Waals surface area contributed by atoms with Gasteiger partial charge in [-0.15, -0.1) is 0 Å². The third kappa shape index (κ3) is 19.1. The van der Waals surface area contributed by atoms with Gasteiger partial charge in [0.15, 0.2) is 0 Å². The van der Waals surface area contributed by atoms with Gasteiger partial charge in [-0.2, -0.15) is 0 Å². The number of benzene rings is 3. The zero-order valence-corrected chi connectivity index (χ0v) is 45.1. The van der Waals surface area contributed by atoms with Gasteiger partial charge in [-0.1, -0.05) is 85.4 Å². The average Bonchev–Trinajstić information content (AvgIpc) is 3.38. The maximum absolute atomic E-state index is 13.3. The molecule has 0 bridgehead atoms. The molecule has 2 heterocycles. The summed E-state index contributed by atoms with van der Waals surface area (Å²) in [6.45, 7) is 10.7. The maximum atomic E-state index is 13.3. The number of aliphatic hydroxyl groups is 1. The Hall–Kier alpha value is -6.82. The first-order chi connectivity index (χ1) is 35.6. The summed E-state index contributed by atoms with van der Waals surface area (Å²) in [4.78, 5) is 99.7. The van der Waals surface area contributed by atoms with Crippen molar-refractivity contribution in [1.29, 1.82) is 0 Å². The second-order valence-corrected chi connectivity index (χ2v) is 19.7. The summed E-state index contributed by atoms with van der Waals surface area (Å²) < 4.78 is 26.3. The Morgan fingerprint density at radius 2 is 0.776 bits per heavy atom. The molecule has 0 spiro atoms. The van der Waals surface area contributed by atoms with Crippen LogP contribution in [0, 0.1) is 10.8 Å². The number of unbranched alkanes of at least 4 members (excludes halogenated alkanes) is 3. The van der Waals surface area contributed by atoms with E-state index < -0.39 is 82.3 Å². The molecular weight excluding hydrogens is 981 g/mol. The van der Waals surface area contributed by atoms with Crippen LogP contribution in [0.25, 0.3) is 0 Å². The van der Waals surface area contributed by atoms with Gasteiger partial charge in [0.1, 0.15) is 41.4 Å². The fourth-order valence-electron chi connectivity index (χ4n) is 7.81. The zero-order chi connectivity index (χ0) is 55.9. The van der Waals surface area contributed by atoms with E-state index >= 15 is 0 Å². The smallest absolute Gasteiger partial charge is 0.328 e. The van der Waals surface area contributed by atoms with Gasteiger partial charge in [-0.05, 0) is 124 Å². The van der Waals surface area contributed by atoms with Crippen LogP contribution < -0.4 is 14.2 Å². The molecule has 2 saturated heterocycles. The molecule has 18 heteroatoms. The Morgan fingerprint density at radius 3 is 1.05 bits per heavy atom. The standard InChI is InChI=1S/C34H45NO8.C12H17NO6.C11H16O2.CH4/c1-6-34(2,3)30(36)31(37)35-28(32(38)42-21-9-7-11-24-13-17-26(40-4)18-14-24)23-29(35)33(39)43-22-10-8-12-25-15-19-27(41-5)20-16-25;1-4-12(2,3)8(14)9(15)13-6(10(16)17)5-7(13)11(18)19;1-13-11-7-5-10(6-8-11)4-2-3-9-12;/h13-20,28-29H,6-12,21-23H2,1-5H3;6-7H,4-5H2,1-3H3,(H,16,17)(H,18,19);5-8,12H,2-4,9H2,1H3;1H4/t28-,29-;6-,7-;;/m11../s1. The van der Waals surface area contributed by atoms with Crippen LogP contribution in [0.5, 0.6) is 17.2 Å². The molecule has 18 nitrogen and oxygen atoms in total. The first-order valence-electron chi connectivity index (χ1n) is 25.6. The Morgan fingerprint density at radius 1 is 0.487 bits per heavy atom. The third-order valence-corrected chi connectivity index (χ3v) is 13.8. The monoisotopic (exact) mass is 1060 g/mol. The fraction of sp³-hybridized carbons (Fsp3) is 0.552. The molecule has 0 aliphatic carbocycles. The molecule has 2 fully saturated rings. The van der Waals surface area contributed by atoms with E-state index in [2.05, 4.69) is 12.1 Å². The predicted octanol–water partition coefficient (Wildman–Crippen LogP) is 7.89. The molecule has 2 aliphatic heterocycles. The van der Waals surface area contributed by atoms with Crippen molar-refractivity contribution >= 4 is 47.3 Å². The number of methoxy groups -OCH3 is 3. The zero-order valence-electron chi connectivity index (χ0n) is 45.1. The van der Waals surface area contributed by atoms with Gasteiger partial charge >= 0.3 is 23.9 Å². The van der Waals surface area contributed by atoms with E-state index in [0.717, 1.165) is 78.2 Å². The highest BCUT2D eigenvalue weighted by Gasteiger charge is 2.54. The number of amides is 2. The quantitative estimate of drug-likeness (QED) is 0.0373. The van der Waals surface area contributed by atoms with E-state index in [1.165, 1.54) is 5.56 Å². The Balaban J connectivity index is 0.000000489. The Labute approximate surface area is 448 Å². The number of rotatable bonds is 27. The van der Waals surface area contributed by atoms with E-state index in [4.69, 9.17) is 39.0 Å². The summed E-state index contributed by atoms with van der Waals surface area (Å²) in [5.41, 5.74) is 1.76. The van der Waals surface area contributed by atoms with E-state index in [1.54, 1.807) is 55.9 Å². The minimum Gasteiger partial charge on any atom is -0.497 e. The van der Waals surface area contributed by atoms with Crippen molar-refractivity contribution in [2.24, 2.45) is 10.8 Å². The molecular formula is C58H82N2O16. The van der Waals surface area contributed by atoms with Crippen molar-refractivity contribution in [3.05, 3.63) is 89.5 Å². The predicted molar refractivity (Wildman–Crippen MR) is 285 cm³/mol. The molecule has 76 heavy (non-hydrogen) atoms. The summed E-state index contributed by atoms with van der Waals surface area (Å²) in [5.74, 6) is -4.59. The lowest BCUT2D eigenvalue weighted by Crippen LogP contribution is -2.67. The number of carbonyl (C=O) groups excluding carboxylic acids is 6. The van der Waals surface area contributed by atoms with Crippen molar-refractivity contribution in [2.45, 2.75) is 157 Å². The van der Waals surface area contributed by atoms with Crippen LogP contribution in [-0.2, 0) is 67.1 Å². The number of carbonyl (C=O) groups is 8. The molecule has 0 saturated carbocycles. The molecule has 2 amide bonds. The number of hydrogen-bond acceptors (Lipinski definition) is 14. The molecule has 5 rings (SSSR count). The fourth-order valence-corrected chi connectivity index (χ4v) is 7.81. The summed E-state index contributed by atoms with van der Waals surface area (Å²) in [6, 6.07) is 19.2. The lowest BCUT2D eigenvalue weighted by atomic mass is 9.82. The van der Waals surface area contributed by atoms with Crippen LogP contribution in [0.1, 0.15) is 130 Å². The van der Waals surface area contributed by atoms with Crippen molar-refractivity contribution < 1.29 is 77.4 Å². The number of hydrogen-bond donors (Lipinski definition) is 3. The van der Waals surface area contributed by atoms with E-state index in [0.29, 0.717) is 30.6 Å². The van der Waals surface area contributed by atoms with Crippen molar-refractivity contribution in [1.82, 2.24) is 9.80 Å². The molecule has 0 unspecified atom stereocenters. The summed E-state index contributed by atoms with van der Waals surface area (Å²) in [6.07, 6.45) is 8.25. The first-order valence-corrected chi connectivity index (χ1v) is 25.6. The molecule has 3 aromatic rings. The molecule has 3 N–H and O–H groups in total. The lowest BCUT2D eigenvalue weighted by Gasteiger charge is -2.45. The largest absolute Gasteiger partial charge is 0.497 e. The summed E-state index contributed by atoms with van der Waals surface area (Å²) in [7, 11) is 4.91. The number of esters is 2. The molecule has 4 atom stereocenters. The maximum Gasteiger partial charge on any atom is 0.328 e. The van der Waals surface area contributed by atoms with E-state index in [-0.39, 0.29) is 40.1 Å². The van der Waals surface area contributed by atoms with Gasteiger partial charge in [-0.3, -0.25) is 19.2 Å². The summed E-state index contributed by atoms with van der Waals surface area (Å²) in [5, 5.41) is 26.4. The van der Waals surface area contributed by atoms with Crippen molar-refractivity contribution in [2.75, 3.05) is 41.2 Å². The van der Waals surface area contributed by atoms with Crippen LogP contribution in [0.15, 0.2) is 72.8 Å². The number of carboxylic acid groups (broad SMARTS) is 2. The highest BCUT2D eigenvalue weighted by Crippen LogP contribution is 2.33. The third-order valence-electron chi connectivity index (χ3n) is 13.8. The highest BCUT2D eigenvalue weighted by atomic mass is 16.5. The molecule has 420 valence electrons. The topological polar surface area (TPSA) is 250 Å². The van der Waals surface area contributed by atoms with Crippen LogP contribution in [-0.4, -0.2) is 138 Å². The number of carboxylic acids is 2. The van der Waals surface area contributed by atoms with Crippen molar-refractivity contribution in [3.8, 4) is 17.2 Å². The van der Waals surface area contributed by atoms with Crippen LogP contribution in [0.4, 0.5) is 0 Å². The van der Waals surface area contributed by atoms with E-state index in [9.17, 15) is 38.4 Å². The minimum absolute atomic E-state index is 0. The first kappa shape index (κ1) is 65.3.